The molecule has 1 aliphatic heterocycles. The number of nitrogens with zero attached hydrogens (tertiary/aromatic N) is 3. The first kappa shape index (κ1) is 23.6. The van der Waals surface area contributed by atoms with E-state index in [9.17, 15) is 4.79 Å². The highest BCUT2D eigenvalue weighted by Gasteiger charge is 2.42. The fourth-order valence-corrected chi connectivity index (χ4v) is 4.98. The van der Waals surface area contributed by atoms with Crippen LogP contribution in [0.4, 0.5) is 0 Å². The zero-order valence-electron chi connectivity index (χ0n) is 19.8. The lowest BCUT2D eigenvalue weighted by Gasteiger charge is -2.31. The predicted octanol–water partition coefficient (Wildman–Crippen LogP) is 3.38. The Morgan fingerprint density at radius 1 is 1.03 bits per heavy atom. The van der Waals surface area contributed by atoms with Gasteiger partial charge in [-0.2, -0.15) is 0 Å². The summed E-state index contributed by atoms with van der Waals surface area (Å²) in [5.74, 6) is 1.04. The molecule has 31 heavy (non-hydrogen) atoms. The van der Waals surface area contributed by atoms with Crippen molar-refractivity contribution < 1.29 is 4.79 Å². The van der Waals surface area contributed by atoms with Gasteiger partial charge < -0.3 is 15.5 Å². The number of carbonyl (C=O) groups is 1. The fourth-order valence-electron chi connectivity index (χ4n) is 4.98. The van der Waals surface area contributed by atoms with Crippen LogP contribution in [-0.2, 0) is 17.9 Å². The van der Waals surface area contributed by atoms with Crippen LogP contribution in [0.25, 0.3) is 0 Å². The Bertz CT molecular complexity index is 733. The summed E-state index contributed by atoms with van der Waals surface area (Å²) in [5.41, 5.74) is 2.36. The molecule has 0 unspecified atom stereocenters. The van der Waals surface area contributed by atoms with Gasteiger partial charge in [0.05, 0.1) is 12.0 Å². The van der Waals surface area contributed by atoms with Crippen LogP contribution in [0.3, 0.4) is 0 Å². The zero-order valence-corrected chi connectivity index (χ0v) is 19.8. The highest BCUT2D eigenvalue weighted by Crippen LogP contribution is 2.38. The number of hydrogen-bond acceptors (Lipinski definition) is 3. The van der Waals surface area contributed by atoms with Crippen molar-refractivity contribution in [3.8, 4) is 0 Å². The number of aliphatic imine (C=N–C) groups is 1. The first-order valence-corrected chi connectivity index (χ1v) is 12.1. The number of hydrogen-bond donors (Lipinski definition) is 2. The molecule has 1 aromatic carbocycles. The van der Waals surface area contributed by atoms with Gasteiger partial charge in [0, 0.05) is 33.7 Å². The molecule has 2 N–H and O–H groups in total. The summed E-state index contributed by atoms with van der Waals surface area (Å²) in [6.45, 7) is 7.58. The van der Waals surface area contributed by atoms with E-state index < -0.39 is 0 Å². The first-order valence-electron chi connectivity index (χ1n) is 12.1. The third-order valence-electron chi connectivity index (χ3n) is 6.73. The van der Waals surface area contributed by atoms with Crippen molar-refractivity contribution in [1.82, 2.24) is 20.4 Å². The minimum atomic E-state index is -0.300. The second kappa shape index (κ2) is 11.5. The molecule has 6 heteroatoms. The minimum Gasteiger partial charge on any atom is -0.357 e. The molecule has 2 fully saturated rings. The van der Waals surface area contributed by atoms with Crippen molar-refractivity contribution in [2.24, 2.45) is 10.4 Å². The first-order chi connectivity index (χ1) is 15.0. The molecule has 3 rings (SSSR count). The third-order valence-corrected chi connectivity index (χ3v) is 6.73. The second-order valence-corrected chi connectivity index (χ2v) is 9.34. The summed E-state index contributed by atoms with van der Waals surface area (Å²) in [5, 5.41) is 6.86. The van der Waals surface area contributed by atoms with Gasteiger partial charge in [-0.05, 0) is 56.8 Å². The molecule has 0 atom stereocenters. The number of piperidine rings is 1. The Kier molecular flexibility index (Phi) is 8.76. The number of guanidine groups is 1. The SMILES string of the molecule is CCNC(=NCc1ccccc1CN1CCCCC1)NCC1(C(=O)N(C)C)CCCC1. The molecule has 2 aliphatic rings. The highest BCUT2D eigenvalue weighted by atomic mass is 16.2. The van der Waals surface area contributed by atoms with E-state index in [2.05, 4.69) is 46.7 Å². The van der Waals surface area contributed by atoms with Crippen molar-refractivity contribution >= 4 is 11.9 Å². The van der Waals surface area contributed by atoms with Gasteiger partial charge in [-0.1, -0.05) is 43.5 Å². The number of likely N-dealkylation sites (tertiary alicyclic amines) is 1. The summed E-state index contributed by atoms with van der Waals surface area (Å²) in [4.78, 5) is 22.1. The molecule has 1 saturated carbocycles. The van der Waals surface area contributed by atoms with E-state index in [0.29, 0.717) is 13.1 Å². The second-order valence-electron chi connectivity index (χ2n) is 9.34. The lowest BCUT2D eigenvalue weighted by atomic mass is 9.84. The number of benzene rings is 1. The molecule has 0 radical (unpaired) electrons. The van der Waals surface area contributed by atoms with Crippen LogP contribution in [-0.4, -0.2) is 61.9 Å². The van der Waals surface area contributed by atoms with Crippen LogP contribution in [0.5, 0.6) is 0 Å². The van der Waals surface area contributed by atoms with E-state index in [1.807, 2.05) is 14.1 Å². The molecule has 1 aromatic rings. The molecule has 0 bridgehead atoms. The molecule has 0 spiro atoms. The summed E-state index contributed by atoms with van der Waals surface area (Å²) < 4.78 is 0. The molecule has 1 amide bonds. The van der Waals surface area contributed by atoms with Crippen LogP contribution in [0.15, 0.2) is 29.3 Å². The van der Waals surface area contributed by atoms with Crippen LogP contribution in [0, 0.1) is 5.41 Å². The maximum Gasteiger partial charge on any atom is 0.230 e. The Morgan fingerprint density at radius 3 is 2.35 bits per heavy atom. The molecule has 1 heterocycles. The molecule has 6 nitrogen and oxygen atoms in total. The maximum absolute atomic E-state index is 12.9. The van der Waals surface area contributed by atoms with Gasteiger partial charge in [0.25, 0.3) is 0 Å². The lowest BCUT2D eigenvalue weighted by molar-refractivity contribution is -0.138. The Balaban J connectivity index is 1.66. The quantitative estimate of drug-likeness (QED) is 0.493. The van der Waals surface area contributed by atoms with Crippen molar-refractivity contribution in [1.29, 1.82) is 0 Å². The van der Waals surface area contributed by atoms with Crippen LogP contribution in [0.1, 0.15) is 63.0 Å². The monoisotopic (exact) mass is 427 g/mol. The van der Waals surface area contributed by atoms with Crippen LogP contribution in [0.2, 0.25) is 0 Å². The molecular weight excluding hydrogens is 386 g/mol. The van der Waals surface area contributed by atoms with Crippen LogP contribution < -0.4 is 10.6 Å². The highest BCUT2D eigenvalue weighted by molar-refractivity contribution is 5.85. The van der Waals surface area contributed by atoms with E-state index in [1.165, 1.54) is 43.5 Å². The van der Waals surface area contributed by atoms with Crippen molar-refractivity contribution in [3.05, 3.63) is 35.4 Å². The topological polar surface area (TPSA) is 60.0 Å². The van der Waals surface area contributed by atoms with Gasteiger partial charge in [-0.25, -0.2) is 4.99 Å². The average Bonchev–Trinajstić information content (AvgIpc) is 3.27. The Hall–Kier alpha value is -2.08. The van der Waals surface area contributed by atoms with Gasteiger partial charge in [0.1, 0.15) is 0 Å². The van der Waals surface area contributed by atoms with Gasteiger partial charge in [-0.15, -0.1) is 0 Å². The van der Waals surface area contributed by atoms with Gasteiger partial charge in [0.2, 0.25) is 5.91 Å². The van der Waals surface area contributed by atoms with Gasteiger partial charge in [0.15, 0.2) is 5.96 Å². The molecular formula is C25H41N5O. The summed E-state index contributed by atoms with van der Waals surface area (Å²) in [7, 11) is 3.72. The molecule has 172 valence electrons. The third kappa shape index (κ3) is 6.45. The van der Waals surface area contributed by atoms with Crippen molar-refractivity contribution in [3.63, 3.8) is 0 Å². The number of carbonyl (C=O) groups excluding carboxylic acids is 1. The van der Waals surface area contributed by atoms with Gasteiger partial charge in [-0.3, -0.25) is 9.69 Å². The van der Waals surface area contributed by atoms with E-state index in [1.54, 1.807) is 4.90 Å². The van der Waals surface area contributed by atoms with E-state index in [4.69, 9.17) is 4.99 Å². The van der Waals surface area contributed by atoms with E-state index in [0.717, 1.165) is 44.7 Å². The van der Waals surface area contributed by atoms with Crippen LogP contribution >= 0.6 is 0 Å². The summed E-state index contributed by atoms with van der Waals surface area (Å²) >= 11 is 0. The number of rotatable bonds is 8. The van der Waals surface area contributed by atoms with E-state index >= 15 is 0 Å². The zero-order chi connectivity index (χ0) is 22.1. The maximum atomic E-state index is 12.9. The molecule has 1 aliphatic carbocycles. The number of amides is 1. The molecule has 1 saturated heterocycles. The standard InChI is InChI=1S/C25H41N5O/c1-4-26-24(28-20-25(14-8-9-15-25)23(31)29(2)3)27-18-21-12-6-7-13-22(21)19-30-16-10-5-11-17-30/h6-7,12-13H,4-5,8-11,14-20H2,1-3H3,(H2,26,27,28). The average molecular weight is 428 g/mol. The Labute approximate surface area is 188 Å². The Morgan fingerprint density at radius 2 is 1.71 bits per heavy atom. The molecule has 0 aromatic heterocycles. The largest absolute Gasteiger partial charge is 0.357 e. The van der Waals surface area contributed by atoms with Gasteiger partial charge >= 0.3 is 0 Å². The normalized spacial score (nSPS) is 19.3. The van der Waals surface area contributed by atoms with Crippen molar-refractivity contribution in [2.75, 3.05) is 40.3 Å². The predicted molar refractivity (Wildman–Crippen MR) is 128 cm³/mol. The minimum absolute atomic E-state index is 0.236. The lowest BCUT2D eigenvalue weighted by Crippen LogP contribution is -2.49. The smallest absolute Gasteiger partial charge is 0.230 e. The fraction of sp³-hybridized carbons (Fsp3) is 0.680. The number of nitrogens with one attached hydrogen (secondary N) is 2. The van der Waals surface area contributed by atoms with Crippen molar-refractivity contribution in [2.45, 2.75) is 65.0 Å². The summed E-state index contributed by atoms with van der Waals surface area (Å²) in [6, 6.07) is 8.67. The summed E-state index contributed by atoms with van der Waals surface area (Å²) in [6.07, 6.45) is 8.13. The van der Waals surface area contributed by atoms with E-state index in [-0.39, 0.29) is 11.3 Å².